The molecular weight excluding hydrogens is 268 g/mol. The molecule has 2 heteroatoms. The summed E-state index contributed by atoms with van der Waals surface area (Å²) in [6.45, 7) is 0.882. The molecule has 0 bridgehead atoms. The second kappa shape index (κ2) is 5.11. The van der Waals surface area contributed by atoms with Gasteiger partial charge < -0.3 is 4.90 Å². The van der Waals surface area contributed by atoms with Crippen molar-refractivity contribution >= 4 is 11.9 Å². The van der Waals surface area contributed by atoms with Gasteiger partial charge in [0.25, 0.3) is 0 Å². The van der Waals surface area contributed by atoms with Gasteiger partial charge in [0.05, 0.1) is 0 Å². The van der Waals surface area contributed by atoms with Crippen LogP contribution in [0.15, 0.2) is 23.2 Å². The lowest BCUT2D eigenvalue weighted by atomic mass is 9.75. The van der Waals surface area contributed by atoms with Crippen LogP contribution in [0, 0.1) is 5.92 Å². The Morgan fingerprint density at radius 2 is 1.86 bits per heavy atom. The average molecular weight is 294 g/mol. The van der Waals surface area contributed by atoms with Gasteiger partial charge >= 0.3 is 0 Å². The molecule has 116 valence electrons. The zero-order valence-electron chi connectivity index (χ0n) is 13.4. The lowest BCUT2D eigenvalue weighted by Gasteiger charge is -2.40. The third-order valence-corrected chi connectivity index (χ3v) is 6.63. The molecule has 2 fully saturated rings. The maximum atomic E-state index is 4.65. The molecule has 2 saturated carbocycles. The van der Waals surface area contributed by atoms with E-state index in [9.17, 15) is 0 Å². The average Bonchev–Trinajstić information content (AvgIpc) is 2.92. The van der Waals surface area contributed by atoms with Gasteiger partial charge in [0.15, 0.2) is 0 Å². The summed E-state index contributed by atoms with van der Waals surface area (Å²) in [7, 11) is 0. The van der Waals surface area contributed by atoms with E-state index >= 15 is 0 Å². The first kappa shape index (κ1) is 13.2. The normalized spacial score (nSPS) is 33.6. The second-order valence-corrected chi connectivity index (χ2v) is 7.79. The van der Waals surface area contributed by atoms with Crippen LogP contribution in [-0.4, -0.2) is 18.9 Å². The number of aliphatic imine (C=N–C) groups is 1. The monoisotopic (exact) mass is 294 g/mol. The van der Waals surface area contributed by atoms with Crippen LogP contribution >= 0.6 is 0 Å². The minimum Gasteiger partial charge on any atom is -0.348 e. The number of nitrogens with zero attached hydrogens (tertiary/aromatic N) is 2. The van der Waals surface area contributed by atoms with Crippen LogP contribution < -0.4 is 4.90 Å². The number of hydrogen-bond donors (Lipinski definition) is 0. The van der Waals surface area contributed by atoms with Gasteiger partial charge in [-0.2, -0.15) is 0 Å². The van der Waals surface area contributed by atoms with Crippen LogP contribution in [0.4, 0.5) is 5.69 Å². The van der Waals surface area contributed by atoms with Crippen LogP contribution in [0.1, 0.15) is 74.3 Å². The smallest absolute Gasteiger partial charge is 0.110 e. The zero-order chi connectivity index (χ0) is 14.5. The molecule has 22 heavy (non-hydrogen) atoms. The molecule has 3 unspecified atom stereocenters. The summed E-state index contributed by atoms with van der Waals surface area (Å²) >= 11 is 0. The van der Waals surface area contributed by atoms with Gasteiger partial charge in [-0.1, -0.05) is 37.8 Å². The van der Waals surface area contributed by atoms with Crippen LogP contribution in [0.25, 0.3) is 0 Å². The summed E-state index contributed by atoms with van der Waals surface area (Å²) in [6, 6.07) is 8.16. The van der Waals surface area contributed by atoms with Crippen molar-refractivity contribution in [2.24, 2.45) is 10.9 Å². The van der Waals surface area contributed by atoms with Crippen LogP contribution in [-0.2, 0) is 0 Å². The standard InChI is InChI=1S/C20H26N2/c1-2-5-14(6-3-1)15-9-10-19-18(11-15)17-8-4-7-16-12-21-13-22(19)20(16)17/h9-12,14,16-17,20H,1-8,13H2. The SMILES string of the molecule is C1=NCN2c3ccc(C4CCCCC4)cc3C3CCCC1C32. The number of hydrogen-bond acceptors (Lipinski definition) is 2. The Morgan fingerprint density at radius 1 is 0.955 bits per heavy atom. The van der Waals surface area contributed by atoms with Crippen LogP contribution in [0.5, 0.6) is 0 Å². The first-order chi connectivity index (χ1) is 10.9. The van der Waals surface area contributed by atoms with E-state index in [0.29, 0.717) is 12.0 Å². The van der Waals surface area contributed by atoms with Crippen molar-refractivity contribution in [1.29, 1.82) is 0 Å². The van der Waals surface area contributed by atoms with E-state index in [1.54, 1.807) is 11.1 Å². The molecule has 0 N–H and O–H groups in total. The van der Waals surface area contributed by atoms with Crippen molar-refractivity contribution in [2.45, 2.75) is 69.2 Å². The van der Waals surface area contributed by atoms with Gasteiger partial charge in [0.1, 0.15) is 6.67 Å². The lowest BCUT2D eigenvalue weighted by Crippen LogP contribution is -2.46. The Hall–Kier alpha value is -1.31. The minimum atomic E-state index is 0.693. The van der Waals surface area contributed by atoms with E-state index < -0.39 is 0 Å². The molecule has 2 nitrogen and oxygen atoms in total. The van der Waals surface area contributed by atoms with Crippen molar-refractivity contribution in [3.8, 4) is 0 Å². The van der Waals surface area contributed by atoms with Gasteiger partial charge in [-0.3, -0.25) is 4.99 Å². The molecular formula is C20H26N2. The fourth-order valence-electron chi connectivity index (χ4n) is 5.59. The summed E-state index contributed by atoms with van der Waals surface area (Å²) in [5.41, 5.74) is 4.78. The van der Waals surface area contributed by atoms with Gasteiger partial charge in [-0.15, -0.1) is 0 Å². The maximum Gasteiger partial charge on any atom is 0.110 e. The lowest BCUT2D eigenvalue weighted by molar-refractivity contribution is 0.331. The molecule has 5 rings (SSSR count). The summed E-state index contributed by atoms with van der Waals surface area (Å²) in [6.07, 6.45) is 13.5. The predicted molar refractivity (Wildman–Crippen MR) is 92.0 cm³/mol. The molecule has 0 saturated heterocycles. The van der Waals surface area contributed by atoms with E-state index in [1.165, 1.54) is 57.1 Å². The predicted octanol–water partition coefficient (Wildman–Crippen LogP) is 4.85. The molecule has 2 aliphatic heterocycles. The molecule has 0 radical (unpaired) electrons. The second-order valence-electron chi connectivity index (χ2n) is 7.79. The first-order valence-corrected chi connectivity index (χ1v) is 9.32. The summed E-state index contributed by atoms with van der Waals surface area (Å²) < 4.78 is 0. The van der Waals surface area contributed by atoms with Crippen LogP contribution in [0.3, 0.4) is 0 Å². The Kier molecular flexibility index (Phi) is 3.06. The number of benzene rings is 1. The summed E-state index contributed by atoms with van der Waals surface area (Å²) in [5.74, 6) is 2.29. The highest BCUT2D eigenvalue weighted by Gasteiger charge is 2.45. The number of rotatable bonds is 1. The Bertz CT molecular complexity index is 600. The van der Waals surface area contributed by atoms with Gasteiger partial charge in [-0.05, 0) is 48.8 Å². The summed E-state index contributed by atoms with van der Waals surface area (Å²) in [5, 5.41) is 0. The molecule has 4 aliphatic rings. The van der Waals surface area contributed by atoms with Gasteiger partial charge in [0.2, 0.25) is 0 Å². The van der Waals surface area contributed by atoms with E-state index in [0.717, 1.165) is 18.5 Å². The summed E-state index contributed by atoms with van der Waals surface area (Å²) in [4.78, 5) is 7.26. The molecule has 2 aliphatic carbocycles. The quantitative estimate of drug-likeness (QED) is 0.723. The molecule has 2 heterocycles. The zero-order valence-corrected chi connectivity index (χ0v) is 13.4. The largest absolute Gasteiger partial charge is 0.348 e. The highest BCUT2D eigenvalue weighted by molar-refractivity contribution is 5.72. The van der Waals surface area contributed by atoms with Crippen molar-refractivity contribution in [2.75, 3.05) is 11.6 Å². The van der Waals surface area contributed by atoms with Crippen molar-refractivity contribution < 1.29 is 0 Å². The fourth-order valence-corrected chi connectivity index (χ4v) is 5.59. The third kappa shape index (κ3) is 1.89. The van der Waals surface area contributed by atoms with E-state index in [2.05, 4.69) is 34.3 Å². The first-order valence-electron chi connectivity index (χ1n) is 9.32. The van der Waals surface area contributed by atoms with E-state index in [4.69, 9.17) is 0 Å². The van der Waals surface area contributed by atoms with Gasteiger partial charge in [0, 0.05) is 29.8 Å². The third-order valence-electron chi connectivity index (χ3n) is 6.63. The van der Waals surface area contributed by atoms with Crippen LogP contribution in [0.2, 0.25) is 0 Å². The molecule has 1 aromatic carbocycles. The molecule has 0 aromatic heterocycles. The molecule has 1 aromatic rings. The Balaban J connectivity index is 1.53. The highest BCUT2D eigenvalue weighted by atomic mass is 15.3. The number of fused-ring (bicyclic) bond motifs is 3. The van der Waals surface area contributed by atoms with Crippen molar-refractivity contribution in [3.63, 3.8) is 0 Å². The molecule has 0 spiro atoms. The Morgan fingerprint density at radius 3 is 2.77 bits per heavy atom. The van der Waals surface area contributed by atoms with Crippen molar-refractivity contribution in [1.82, 2.24) is 0 Å². The van der Waals surface area contributed by atoms with Gasteiger partial charge in [-0.25, -0.2) is 0 Å². The minimum absolute atomic E-state index is 0.693. The molecule has 0 amide bonds. The van der Waals surface area contributed by atoms with Crippen molar-refractivity contribution in [3.05, 3.63) is 29.3 Å². The van der Waals surface area contributed by atoms with E-state index in [1.807, 2.05) is 0 Å². The topological polar surface area (TPSA) is 15.6 Å². The Labute approximate surface area is 133 Å². The number of anilines is 1. The molecule has 3 atom stereocenters. The highest BCUT2D eigenvalue weighted by Crippen LogP contribution is 2.51. The van der Waals surface area contributed by atoms with E-state index in [-0.39, 0.29) is 0 Å². The fraction of sp³-hybridized carbons (Fsp3) is 0.650. The maximum absolute atomic E-state index is 4.65.